The second-order valence-corrected chi connectivity index (χ2v) is 3.04. The summed E-state index contributed by atoms with van der Waals surface area (Å²) in [5.41, 5.74) is 1.32. The minimum Gasteiger partial charge on any atom is -0.369 e. The Bertz CT molecular complexity index is 168. The Morgan fingerprint density at radius 1 is 1.60 bits per heavy atom. The lowest BCUT2D eigenvalue weighted by Gasteiger charge is -2.23. The van der Waals surface area contributed by atoms with Crippen molar-refractivity contribution in [2.24, 2.45) is 10.9 Å². The highest BCUT2D eigenvalue weighted by Crippen LogP contribution is 2.12. The van der Waals surface area contributed by atoms with Gasteiger partial charge in [-0.25, -0.2) is 4.99 Å². The average molecular weight is 138 g/mol. The third-order valence-corrected chi connectivity index (χ3v) is 1.76. The first-order valence-electron chi connectivity index (χ1n) is 3.66. The standard InChI is InChI=1S/C8H14N2/c1-6(2)8-7(3)4-9-5-10-8/h4-6,8H,1-3H3,(H,9,10). The molecule has 1 N–H and O–H groups in total. The van der Waals surface area contributed by atoms with Crippen molar-refractivity contribution in [1.82, 2.24) is 5.32 Å². The number of nitrogens with one attached hydrogen (secondary N) is 1. The minimum atomic E-state index is 0.484. The normalized spacial score (nSPS) is 24.4. The van der Waals surface area contributed by atoms with E-state index in [4.69, 9.17) is 0 Å². The molecule has 0 amide bonds. The van der Waals surface area contributed by atoms with Crippen LogP contribution in [0.15, 0.2) is 16.8 Å². The van der Waals surface area contributed by atoms with E-state index in [9.17, 15) is 0 Å². The molecule has 0 spiro atoms. The van der Waals surface area contributed by atoms with E-state index in [1.54, 1.807) is 6.34 Å². The fourth-order valence-electron chi connectivity index (χ4n) is 1.21. The monoisotopic (exact) mass is 138 g/mol. The lowest BCUT2D eigenvalue weighted by Crippen LogP contribution is -2.35. The molecule has 0 aromatic carbocycles. The third-order valence-electron chi connectivity index (χ3n) is 1.76. The van der Waals surface area contributed by atoms with Gasteiger partial charge in [0.15, 0.2) is 0 Å². The van der Waals surface area contributed by atoms with Crippen LogP contribution in [0.3, 0.4) is 0 Å². The topological polar surface area (TPSA) is 24.4 Å². The van der Waals surface area contributed by atoms with Gasteiger partial charge in [0, 0.05) is 6.20 Å². The van der Waals surface area contributed by atoms with Crippen LogP contribution in [-0.2, 0) is 0 Å². The molecule has 0 bridgehead atoms. The first-order valence-corrected chi connectivity index (χ1v) is 3.66. The molecule has 1 aliphatic heterocycles. The first-order chi connectivity index (χ1) is 4.72. The zero-order valence-electron chi connectivity index (χ0n) is 6.76. The summed E-state index contributed by atoms with van der Waals surface area (Å²) in [6, 6.07) is 0.484. The maximum Gasteiger partial charge on any atom is 0.0883 e. The summed E-state index contributed by atoms with van der Waals surface area (Å²) in [5, 5.41) is 3.21. The van der Waals surface area contributed by atoms with Gasteiger partial charge in [0.1, 0.15) is 0 Å². The molecule has 1 rings (SSSR count). The van der Waals surface area contributed by atoms with Crippen LogP contribution >= 0.6 is 0 Å². The van der Waals surface area contributed by atoms with Gasteiger partial charge in [0.25, 0.3) is 0 Å². The third kappa shape index (κ3) is 1.38. The molecule has 1 aliphatic rings. The van der Waals surface area contributed by atoms with Crippen LogP contribution in [0.2, 0.25) is 0 Å². The van der Waals surface area contributed by atoms with Crippen molar-refractivity contribution in [3.63, 3.8) is 0 Å². The van der Waals surface area contributed by atoms with E-state index in [1.807, 2.05) is 6.20 Å². The number of hydrogen-bond donors (Lipinski definition) is 1. The predicted molar refractivity (Wildman–Crippen MR) is 44.0 cm³/mol. The Morgan fingerprint density at radius 2 is 2.30 bits per heavy atom. The Kier molecular flexibility index (Phi) is 2.10. The van der Waals surface area contributed by atoms with Gasteiger partial charge < -0.3 is 5.32 Å². The van der Waals surface area contributed by atoms with E-state index in [0.29, 0.717) is 12.0 Å². The highest BCUT2D eigenvalue weighted by atomic mass is 15.0. The highest BCUT2D eigenvalue weighted by molar-refractivity contribution is 5.58. The molecule has 1 heterocycles. The Labute approximate surface area is 62.0 Å². The molecule has 0 fully saturated rings. The highest BCUT2D eigenvalue weighted by Gasteiger charge is 2.14. The Hall–Kier alpha value is -0.790. The SMILES string of the molecule is CC1=CN=CNC1C(C)C. The zero-order chi connectivity index (χ0) is 7.56. The molecule has 56 valence electrons. The lowest BCUT2D eigenvalue weighted by molar-refractivity contribution is 0.506. The van der Waals surface area contributed by atoms with Crippen molar-refractivity contribution in [1.29, 1.82) is 0 Å². The molecule has 2 heteroatoms. The van der Waals surface area contributed by atoms with E-state index in [-0.39, 0.29) is 0 Å². The summed E-state index contributed by atoms with van der Waals surface area (Å²) < 4.78 is 0. The first kappa shape index (κ1) is 7.32. The van der Waals surface area contributed by atoms with Gasteiger partial charge in [-0.1, -0.05) is 13.8 Å². The van der Waals surface area contributed by atoms with Gasteiger partial charge in [-0.15, -0.1) is 0 Å². The van der Waals surface area contributed by atoms with Crippen LogP contribution in [0.4, 0.5) is 0 Å². The lowest BCUT2D eigenvalue weighted by atomic mass is 9.97. The maximum atomic E-state index is 3.99. The van der Waals surface area contributed by atoms with Crippen LogP contribution in [0.25, 0.3) is 0 Å². The molecule has 0 saturated heterocycles. The maximum absolute atomic E-state index is 3.99. The van der Waals surface area contributed by atoms with Crippen LogP contribution in [0.5, 0.6) is 0 Å². The van der Waals surface area contributed by atoms with Gasteiger partial charge in [-0.2, -0.15) is 0 Å². The van der Waals surface area contributed by atoms with E-state index in [1.165, 1.54) is 5.57 Å². The summed E-state index contributed by atoms with van der Waals surface area (Å²) in [6.07, 6.45) is 3.68. The predicted octanol–water partition coefficient (Wildman–Crippen LogP) is 1.55. The van der Waals surface area contributed by atoms with Gasteiger partial charge in [-0.3, -0.25) is 0 Å². The van der Waals surface area contributed by atoms with Crippen LogP contribution in [0, 0.1) is 5.92 Å². The second kappa shape index (κ2) is 2.86. The van der Waals surface area contributed by atoms with Gasteiger partial charge in [-0.05, 0) is 18.4 Å². The molecule has 1 unspecified atom stereocenters. The van der Waals surface area contributed by atoms with Gasteiger partial charge >= 0.3 is 0 Å². The zero-order valence-corrected chi connectivity index (χ0v) is 6.76. The summed E-state index contributed by atoms with van der Waals surface area (Å²) in [7, 11) is 0. The van der Waals surface area contributed by atoms with E-state index in [2.05, 4.69) is 31.1 Å². The Balaban J connectivity index is 2.64. The summed E-state index contributed by atoms with van der Waals surface area (Å²) >= 11 is 0. The van der Waals surface area contributed by atoms with Gasteiger partial charge in [0.2, 0.25) is 0 Å². The number of nitrogens with zero attached hydrogens (tertiary/aromatic N) is 1. The Morgan fingerprint density at radius 3 is 2.70 bits per heavy atom. The molecule has 10 heavy (non-hydrogen) atoms. The van der Waals surface area contributed by atoms with E-state index in [0.717, 1.165) is 0 Å². The molecule has 0 radical (unpaired) electrons. The summed E-state index contributed by atoms with van der Waals surface area (Å²) in [4.78, 5) is 3.99. The molecule has 0 aromatic heterocycles. The minimum absolute atomic E-state index is 0.484. The van der Waals surface area contributed by atoms with Crippen molar-refractivity contribution in [3.8, 4) is 0 Å². The number of hydrogen-bond acceptors (Lipinski definition) is 2. The van der Waals surface area contributed by atoms with Crippen LogP contribution in [-0.4, -0.2) is 12.4 Å². The number of aliphatic imine (C=N–C) groups is 1. The van der Waals surface area contributed by atoms with Crippen LogP contribution < -0.4 is 5.32 Å². The van der Waals surface area contributed by atoms with Crippen molar-refractivity contribution < 1.29 is 0 Å². The molecule has 2 nitrogen and oxygen atoms in total. The molecule has 0 aliphatic carbocycles. The van der Waals surface area contributed by atoms with Crippen molar-refractivity contribution in [3.05, 3.63) is 11.8 Å². The molecular weight excluding hydrogens is 124 g/mol. The summed E-state index contributed by atoms with van der Waals surface area (Å²) in [5.74, 6) is 0.642. The fourth-order valence-corrected chi connectivity index (χ4v) is 1.21. The molecule has 0 saturated carbocycles. The van der Waals surface area contributed by atoms with Crippen LogP contribution in [0.1, 0.15) is 20.8 Å². The van der Waals surface area contributed by atoms with Crippen molar-refractivity contribution >= 4 is 6.34 Å². The average Bonchev–Trinajstić information content (AvgIpc) is 1.88. The van der Waals surface area contributed by atoms with E-state index < -0.39 is 0 Å². The molecule has 0 aromatic rings. The summed E-state index contributed by atoms with van der Waals surface area (Å²) in [6.45, 7) is 6.51. The van der Waals surface area contributed by atoms with E-state index >= 15 is 0 Å². The fraction of sp³-hybridized carbons (Fsp3) is 0.625. The quantitative estimate of drug-likeness (QED) is 0.584. The van der Waals surface area contributed by atoms with Crippen molar-refractivity contribution in [2.75, 3.05) is 0 Å². The smallest absolute Gasteiger partial charge is 0.0883 e. The van der Waals surface area contributed by atoms with Gasteiger partial charge in [0.05, 0.1) is 12.4 Å². The molecular formula is C8H14N2. The largest absolute Gasteiger partial charge is 0.369 e. The van der Waals surface area contributed by atoms with Crippen molar-refractivity contribution in [2.45, 2.75) is 26.8 Å². The molecule has 1 atom stereocenters. The number of rotatable bonds is 1. The second-order valence-electron chi connectivity index (χ2n) is 3.04.